The van der Waals surface area contributed by atoms with Gasteiger partial charge in [0.2, 0.25) is 0 Å². The number of oxime groups is 1. The average molecular weight is 195 g/mol. The van der Waals surface area contributed by atoms with Crippen molar-refractivity contribution in [3.63, 3.8) is 0 Å². The van der Waals surface area contributed by atoms with E-state index in [0.717, 1.165) is 5.56 Å². The first-order valence-corrected chi connectivity index (χ1v) is 4.46. The minimum absolute atomic E-state index is 0.142. The summed E-state index contributed by atoms with van der Waals surface area (Å²) < 4.78 is 12.5. The van der Waals surface area contributed by atoms with Crippen molar-refractivity contribution in [1.82, 2.24) is 0 Å². The van der Waals surface area contributed by atoms with Gasteiger partial charge in [-0.1, -0.05) is 49.3 Å². The molecule has 1 rings (SSSR count). The van der Waals surface area contributed by atoms with Crippen LogP contribution < -0.4 is 0 Å². The molecule has 0 aromatic heterocycles. The highest BCUT2D eigenvalue weighted by atomic mass is 19.1. The van der Waals surface area contributed by atoms with Crippen molar-refractivity contribution in [2.24, 2.45) is 5.16 Å². The molecule has 0 unspecified atom stereocenters. The second kappa shape index (κ2) is 4.22. The van der Waals surface area contributed by atoms with Gasteiger partial charge in [-0.05, 0) is 5.56 Å². The molecule has 0 fully saturated rings. The Kier molecular flexibility index (Phi) is 3.23. The maximum absolute atomic E-state index is 12.5. The first kappa shape index (κ1) is 10.7. The number of rotatable bonds is 3. The van der Waals surface area contributed by atoms with Crippen molar-refractivity contribution in [2.75, 3.05) is 6.67 Å². The zero-order chi connectivity index (χ0) is 10.6. The van der Waals surface area contributed by atoms with Crippen LogP contribution in [0.4, 0.5) is 4.39 Å². The fourth-order valence-electron chi connectivity index (χ4n) is 1.34. The van der Waals surface area contributed by atoms with Crippen molar-refractivity contribution in [1.29, 1.82) is 0 Å². The van der Waals surface area contributed by atoms with E-state index in [1.165, 1.54) is 0 Å². The summed E-state index contributed by atoms with van der Waals surface area (Å²) in [6, 6.07) is 9.43. The second-order valence-electron chi connectivity index (χ2n) is 3.67. The van der Waals surface area contributed by atoms with Gasteiger partial charge >= 0.3 is 0 Å². The Balaban J connectivity index is 3.07. The predicted molar refractivity (Wildman–Crippen MR) is 54.7 cm³/mol. The van der Waals surface area contributed by atoms with Crippen molar-refractivity contribution in [2.45, 2.75) is 19.3 Å². The predicted octanol–water partition coefficient (Wildman–Crippen LogP) is 2.76. The minimum atomic E-state index is -0.738. The first-order chi connectivity index (χ1) is 6.62. The van der Waals surface area contributed by atoms with Gasteiger partial charge in [-0.15, -0.1) is 0 Å². The van der Waals surface area contributed by atoms with Crippen LogP contribution in [0.2, 0.25) is 0 Å². The lowest BCUT2D eigenvalue weighted by Crippen LogP contribution is -2.30. The summed E-state index contributed by atoms with van der Waals surface area (Å²) >= 11 is 0. The topological polar surface area (TPSA) is 32.6 Å². The molecule has 3 heteroatoms. The molecule has 0 bridgehead atoms. The summed E-state index contributed by atoms with van der Waals surface area (Å²) in [7, 11) is 0. The van der Waals surface area contributed by atoms with Gasteiger partial charge < -0.3 is 5.21 Å². The number of hydrogen-bond donors (Lipinski definition) is 1. The molecule has 0 aliphatic carbocycles. The molecule has 76 valence electrons. The van der Waals surface area contributed by atoms with Crippen LogP contribution in [-0.2, 0) is 5.41 Å². The molecule has 0 aliphatic heterocycles. The number of halogens is 1. The van der Waals surface area contributed by atoms with Crippen molar-refractivity contribution in [3.8, 4) is 0 Å². The zero-order valence-corrected chi connectivity index (χ0v) is 8.37. The quantitative estimate of drug-likeness (QED) is 0.449. The molecule has 1 N–H and O–H groups in total. The maximum Gasteiger partial charge on any atom is 0.132 e. The summed E-state index contributed by atoms with van der Waals surface area (Å²) in [6.07, 6.45) is 0. The first-order valence-electron chi connectivity index (χ1n) is 4.46. The fourth-order valence-corrected chi connectivity index (χ4v) is 1.34. The molecule has 0 radical (unpaired) electrons. The van der Waals surface area contributed by atoms with Gasteiger partial charge in [0.05, 0.1) is 5.71 Å². The fraction of sp³-hybridized carbons (Fsp3) is 0.364. The van der Waals surface area contributed by atoms with E-state index in [-0.39, 0.29) is 5.71 Å². The van der Waals surface area contributed by atoms with Gasteiger partial charge in [-0.3, -0.25) is 0 Å². The molecule has 0 spiro atoms. The third-order valence-corrected chi connectivity index (χ3v) is 2.46. The molecule has 0 aliphatic rings. The summed E-state index contributed by atoms with van der Waals surface area (Å²) in [5.74, 6) is 0. The summed E-state index contributed by atoms with van der Waals surface area (Å²) in [5.41, 5.74) is 0.513. The highest BCUT2D eigenvalue weighted by Crippen LogP contribution is 2.24. The van der Waals surface area contributed by atoms with E-state index < -0.39 is 12.1 Å². The van der Waals surface area contributed by atoms with E-state index >= 15 is 0 Å². The largest absolute Gasteiger partial charge is 0.411 e. The number of nitrogens with zero attached hydrogens (tertiary/aromatic N) is 1. The van der Waals surface area contributed by atoms with Crippen LogP contribution >= 0.6 is 0 Å². The minimum Gasteiger partial charge on any atom is -0.411 e. The smallest absolute Gasteiger partial charge is 0.132 e. The second-order valence-corrected chi connectivity index (χ2v) is 3.67. The van der Waals surface area contributed by atoms with E-state index in [2.05, 4.69) is 5.16 Å². The Morgan fingerprint density at radius 3 is 2.36 bits per heavy atom. The van der Waals surface area contributed by atoms with Gasteiger partial charge in [0, 0.05) is 5.41 Å². The third-order valence-electron chi connectivity index (χ3n) is 2.46. The summed E-state index contributed by atoms with van der Waals surface area (Å²) in [6.45, 7) is 2.92. The van der Waals surface area contributed by atoms with E-state index in [9.17, 15) is 4.39 Å². The molecule has 14 heavy (non-hydrogen) atoms. The highest BCUT2D eigenvalue weighted by Gasteiger charge is 2.27. The SMILES string of the molecule is CC(C)(/C(CF)=N\O)c1ccccc1. The molecule has 0 amide bonds. The van der Waals surface area contributed by atoms with Gasteiger partial charge in [-0.25, -0.2) is 4.39 Å². The Bertz CT molecular complexity index is 319. The van der Waals surface area contributed by atoms with Gasteiger partial charge in [0.15, 0.2) is 0 Å². The van der Waals surface area contributed by atoms with Crippen molar-refractivity contribution >= 4 is 5.71 Å². The van der Waals surface area contributed by atoms with Crippen LogP contribution in [0.15, 0.2) is 35.5 Å². The lowest BCUT2D eigenvalue weighted by atomic mass is 9.80. The van der Waals surface area contributed by atoms with Crippen LogP contribution in [-0.4, -0.2) is 17.6 Å². The highest BCUT2D eigenvalue weighted by molar-refractivity contribution is 5.94. The number of alkyl halides is 1. The van der Waals surface area contributed by atoms with Gasteiger partial charge in [0.1, 0.15) is 6.67 Å². The van der Waals surface area contributed by atoms with Crippen LogP contribution in [0.5, 0.6) is 0 Å². The van der Waals surface area contributed by atoms with E-state index in [1.54, 1.807) is 0 Å². The number of hydrogen-bond acceptors (Lipinski definition) is 2. The van der Waals surface area contributed by atoms with E-state index in [1.807, 2.05) is 44.2 Å². The lowest BCUT2D eigenvalue weighted by Gasteiger charge is -2.24. The molecule has 1 aromatic rings. The lowest BCUT2D eigenvalue weighted by molar-refractivity contribution is 0.309. The van der Waals surface area contributed by atoms with Crippen molar-refractivity contribution < 1.29 is 9.60 Å². The van der Waals surface area contributed by atoms with Crippen LogP contribution in [0.25, 0.3) is 0 Å². The van der Waals surface area contributed by atoms with Crippen LogP contribution in [0.1, 0.15) is 19.4 Å². The van der Waals surface area contributed by atoms with Crippen LogP contribution in [0.3, 0.4) is 0 Å². The Morgan fingerprint density at radius 1 is 1.36 bits per heavy atom. The van der Waals surface area contributed by atoms with E-state index in [0.29, 0.717) is 0 Å². The molecule has 2 nitrogen and oxygen atoms in total. The molecular weight excluding hydrogens is 181 g/mol. The molecular formula is C11H14FNO. The molecule has 0 saturated carbocycles. The van der Waals surface area contributed by atoms with E-state index in [4.69, 9.17) is 5.21 Å². The average Bonchev–Trinajstić information content (AvgIpc) is 2.20. The molecule has 1 aromatic carbocycles. The Labute approximate surface area is 83.1 Å². The summed E-state index contributed by atoms with van der Waals surface area (Å²) in [4.78, 5) is 0. The number of benzene rings is 1. The molecule has 0 heterocycles. The summed E-state index contributed by atoms with van der Waals surface area (Å²) in [5, 5.41) is 11.7. The monoisotopic (exact) mass is 195 g/mol. The zero-order valence-electron chi connectivity index (χ0n) is 8.37. The Morgan fingerprint density at radius 2 is 1.93 bits per heavy atom. The molecule has 0 atom stereocenters. The van der Waals surface area contributed by atoms with Gasteiger partial charge in [0.25, 0.3) is 0 Å². The normalized spacial score (nSPS) is 12.9. The van der Waals surface area contributed by atoms with Crippen LogP contribution in [0, 0.1) is 0 Å². The van der Waals surface area contributed by atoms with Crippen molar-refractivity contribution in [3.05, 3.63) is 35.9 Å². The molecule has 0 saturated heterocycles. The maximum atomic E-state index is 12.5. The Hall–Kier alpha value is -1.38. The third kappa shape index (κ3) is 1.92. The standard InChI is InChI=1S/C11H14FNO/c1-11(2,10(8-12)13-14)9-6-4-3-5-7-9/h3-7,14H,8H2,1-2H3/b13-10-. The van der Waals surface area contributed by atoms with Gasteiger partial charge in [-0.2, -0.15) is 0 Å².